The molecule has 2 fully saturated rings. The lowest BCUT2D eigenvalue weighted by Crippen LogP contribution is -2.43. The molecule has 0 N–H and O–H groups in total. The summed E-state index contributed by atoms with van der Waals surface area (Å²) in [6.07, 6.45) is 9.32. The van der Waals surface area contributed by atoms with Gasteiger partial charge in [0.2, 0.25) is 0 Å². The van der Waals surface area contributed by atoms with Gasteiger partial charge in [0.15, 0.2) is 0 Å². The molecule has 0 aromatic heterocycles. The van der Waals surface area contributed by atoms with E-state index in [9.17, 15) is 4.79 Å². The molecule has 144 valence electrons. The Morgan fingerprint density at radius 2 is 1.81 bits per heavy atom. The van der Waals surface area contributed by atoms with Crippen LogP contribution in [-0.2, 0) is 16.1 Å². The van der Waals surface area contributed by atoms with Crippen molar-refractivity contribution in [2.24, 2.45) is 5.92 Å². The van der Waals surface area contributed by atoms with Crippen LogP contribution in [0.1, 0.15) is 50.5 Å². The van der Waals surface area contributed by atoms with Crippen LogP contribution in [0.2, 0.25) is 0 Å². The van der Waals surface area contributed by atoms with Gasteiger partial charge in [0.1, 0.15) is 6.29 Å². The average molecular weight is 366 g/mol. The van der Waals surface area contributed by atoms with Crippen LogP contribution < -0.4 is 0 Å². The molecule has 2 aliphatic rings. The molecule has 1 aliphatic heterocycles. The molecule has 0 unspecified atom stereocenters. The number of carbonyl (C=O) groups excluding carboxylic acids is 1. The molecule has 1 saturated carbocycles. The topological polar surface area (TPSA) is 29.5 Å². The molecule has 3 atom stereocenters. The zero-order valence-electron chi connectivity index (χ0n) is 16.2. The number of hydrogen-bond donors (Lipinski definition) is 0. The predicted molar refractivity (Wildman–Crippen MR) is 110 cm³/mol. The number of hydrogen-bond acceptors (Lipinski definition) is 3. The number of nitrogens with zero attached hydrogens (tertiary/aromatic N) is 1. The Labute approximate surface area is 162 Å². The fourth-order valence-corrected chi connectivity index (χ4v) is 5.09. The third kappa shape index (κ3) is 4.41. The smallest absolute Gasteiger partial charge is 0.120 e. The van der Waals surface area contributed by atoms with Crippen LogP contribution in [0.3, 0.4) is 0 Å². The van der Waals surface area contributed by atoms with Gasteiger partial charge in [0.25, 0.3) is 0 Å². The first-order valence-electron chi connectivity index (χ1n) is 10.6. The van der Waals surface area contributed by atoms with Crippen LogP contribution >= 0.6 is 0 Å². The van der Waals surface area contributed by atoms with Crippen molar-refractivity contribution in [3.63, 3.8) is 0 Å². The largest absolute Gasteiger partial charge is 0.373 e. The van der Waals surface area contributed by atoms with Gasteiger partial charge in [0, 0.05) is 18.4 Å². The fraction of sp³-hybridized carbons (Fsp3) is 0.542. The van der Waals surface area contributed by atoms with Gasteiger partial charge in [-0.25, -0.2) is 0 Å². The Hall–Kier alpha value is -1.71. The maximum Gasteiger partial charge on any atom is 0.120 e. The lowest BCUT2D eigenvalue weighted by Gasteiger charge is -2.36. The lowest BCUT2D eigenvalue weighted by atomic mass is 9.93. The van der Waals surface area contributed by atoms with Crippen molar-refractivity contribution >= 4 is 17.1 Å². The first-order valence-corrected chi connectivity index (χ1v) is 10.6. The van der Waals surface area contributed by atoms with Crippen LogP contribution in [0.15, 0.2) is 42.5 Å². The van der Waals surface area contributed by atoms with Crippen molar-refractivity contribution in [2.75, 3.05) is 13.1 Å². The zero-order valence-corrected chi connectivity index (χ0v) is 16.2. The molecule has 0 radical (unpaired) electrons. The van der Waals surface area contributed by atoms with E-state index in [0.29, 0.717) is 25.0 Å². The second-order valence-electron chi connectivity index (χ2n) is 8.18. The molecular weight excluding hydrogens is 334 g/mol. The Bertz CT molecular complexity index is 753. The third-order valence-electron chi connectivity index (χ3n) is 6.47. The first-order chi connectivity index (χ1) is 13.3. The van der Waals surface area contributed by atoms with E-state index in [1.165, 1.54) is 55.1 Å². The zero-order chi connectivity index (χ0) is 18.5. The minimum atomic E-state index is 0.281. The van der Waals surface area contributed by atoms with E-state index in [2.05, 4.69) is 47.4 Å². The Morgan fingerprint density at radius 3 is 2.63 bits per heavy atom. The van der Waals surface area contributed by atoms with Crippen molar-refractivity contribution in [3.05, 3.63) is 48.0 Å². The van der Waals surface area contributed by atoms with E-state index in [1.807, 2.05) is 0 Å². The average Bonchev–Trinajstić information content (AvgIpc) is 3.14. The first kappa shape index (κ1) is 18.6. The summed E-state index contributed by atoms with van der Waals surface area (Å²) in [5.41, 5.74) is 1.24. The maximum absolute atomic E-state index is 11.0. The number of rotatable bonds is 7. The van der Waals surface area contributed by atoms with Crippen LogP contribution in [0, 0.1) is 5.92 Å². The van der Waals surface area contributed by atoms with Crippen molar-refractivity contribution in [2.45, 2.75) is 63.7 Å². The number of benzene rings is 2. The highest BCUT2D eigenvalue weighted by atomic mass is 16.5. The summed E-state index contributed by atoms with van der Waals surface area (Å²) >= 11 is 0. The molecule has 0 amide bonds. The van der Waals surface area contributed by atoms with E-state index in [1.54, 1.807) is 0 Å². The number of likely N-dealkylation sites (tertiary alicyclic amines) is 1. The molecule has 2 aromatic carbocycles. The van der Waals surface area contributed by atoms with Gasteiger partial charge in [-0.3, -0.25) is 0 Å². The number of aldehydes is 1. The van der Waals surface area contributed by atoms with E-state index < -0.39 is 0 Å². The van der Waals surface area contributed by atoms with Crippen LogP contribution in [0.4, 0.5) is 0 Å². The Morgan fingerprint density at radius 1 is 1.00 bits per heavy atom. The molecule has 3 heteroatoms. The van der Waals surface area contributed by atoms with Crippen LogP contribution in [0.25, 0.3) is 10.8 Å². The standard InChI is InChI=1S/C24H31NO2/c26-16-6-9-22-23(25-14-4-1-5-15-25)12-13-24(22)27-18-19-10-11-20-7-2-3-8-21(20)17-19/h2-3,7-8,10-11,16-17,22-24H,1,4-6,9,12-15,18H2/t22-,23+,24+/m0/s1. The van der Waals surface area contributed by atoms with E-state index >= 15 is 0 Å². The van der Waals surface area contributed by atoms with Crippen LogP contribution in [-0.4, -0.2) is 36.4 Å². The van der Waals surface area contributed by atoms with Gasteiger partial charge >= 0.3 is 0 Å². The molecular formula is C24H31NO2. The summed E-state index contributed by atoms with van der Waals surface area (Å²) in [5, 5.41) is 2.55. The second-order valence-corrected chi connectivity index (χ2v) is 8.18. The number of fused-ring (bicyclic) bond motifs is 1. The highest BCUT2D eigenvalue weighted by Gasteiger charge is 2.39. The number of ether oxygens (including phenoxy) is 1. The highest BCUT2D eigenvalue weighted by molar-refractivity contribution is 5.82. The normalized spacial score (nSPS) is 26.4. The molecule has 1 heterocycles. The number of piperidine rings is 1. The van der Waals surface area contributed by atoms with Crippen molar-refractivity contribution < 1.29 is 9.53 Å². The fourth-order valence-electron chi connectivity index (χ4n) is 5.09. The quantitative estimate of drug-likeness (QED) is 0.649. The van der Waals surface area contributed by atoms with Gasteiger partial charge in [-0.1, -0.05) is 42.8 Å². The van der Waals surface area contributed by atoms with Gasteiger partial charge in [-0.15, -0.1) is 0 Å². The molecule has 1 aliphatic carbocycles. The molecule has 27 heavy (non-hydrogen) atoms. The molecule has 2 aromatic rings. The molecule has 4 rings (SSSR count). The lowest BCUT2D eigenvalue weighted by molar-refractivity contribution is -0.108. The molecule has 0 spiro atoms. The van der Waals surface area contributed by atoms with Gasteiger partial charge in [-0.2, -0.15) is 0 Å². The predicted octanol–water partition coefficient (Wildman–Crippen LogP) is 4.97. The van der Waals surface area contributed by atoms with Crippen molar-refractivity contribution in [3.8, 4) is 0 Å². The van der Waals surface area contributed by atoms with Crippen molar-refractivity contribution in [1.82, 2.24) is 4.90 Å². The van der Waals surface area contributed by atoms with E-state index in [0.717, 1.165) is 19.1 Å². The van der Waals surface area contributed by atoms with Crippen molar-refractivity contribution in [1.29, 1.82) is 0 Å². The molecule has 1 saturated heterocycles. The highest BCUT2D eigenvalue weighted by Crippen LogP contribution is 2.37. The van der Waals surface area contributed by atoms with Gasteiger partial charge in [-0.05, 0) is 67.6 Å². The summed E-state index contributed by atoms with van der Waals surface area (Å²) in [6, 6.07) is 15.7. The maximum atomic E-state index is 11.0. The van der Waals surface area contributed by atoms with E-state index in [-0.39, 0.29) is 6.10 Å². The Balaban J connectivity index is 1.41. The summed E-state index contributed by atoms with van der Waals surface area (Å²) in [6.45, 7) is 3.11. The van der Waals surface area contributed by atoms with Gasteiger partial charge in [0.05, 0.1) is 12.7 Å². The molecule has 3 nitrogen and oxygen atoms in total. The molecule has 0 bridgehead atoms. The minimum absolute atomic E-state index is 0.281. The summed E-state index contributed by atoms with van der Waals surface area (Å²) in [4.78, 5) is 13.7. The SMILES string of the molecule is O=CCC[C@H]1[C@H](N2CCCCC2)CC[C@H]1OCc1ccc2ccccc2c1. The van der Waals surface area contributed by atoms with Gasteiger partial charge < -0.3 is 14.4 Å². The Kier molecular flexibility index (Phi) is 6.21. The second kappa shape index (κ2) is 8.99. The third-order valence-corrected chi connectivity index (χ3v) is 6.47. The number of carbonyl (C=O) groups is 1. The summed E-state index contributed by atoms with van der Waals surface area (Å²) in [7, 11) is 0. The monoisotopic (exact) mass is 365 g/mol. The summed E-state index contributed by atoms with van der Waals surface area (Å²) < 4.78 is 6.43. The van der Waals surface area contributed by atoms with Crippen LogP contribution in [0.5, 0.6) is 0 Å². The summed E-state index contributed by atoms with van der Waals surface area (Å²) in [5.74, 6) is 0.494. The van der Waals surface area contributed by atoms with E-state index in [4.69, 9.17) is 4.74 Å². The minimum Gasteiger partial charge on any atom is -0.373 e.